The highest BCUT2D eigenvalue weighted by Crippen LogP contribution is 2.40. The highest BCUT2D eigenvalue weighted by Gasteiger charge is 2.29. The summed E-state index contributed by atoms with van der Waals surface area (Å²) >= 11 is 1.46. The normalized spacial score (nSPS) is 18.0. The fourth-order valence-electron chi connectivity index (χ4n) is 5.08. The van der Waals surface area contributed by atoms with Crippen LogP contribution in [-0.4, -0.2) is 43.3 Å². The fourth-order valence-corrected chi connectivity index (χ4v) is 7.94. The lowest BCUT2D eigenvalue weighted by molar-refractivity contribution is 0.109. The second kappa shape index (κ2) is 14.1. The number of rotatable bonds is 9. The Morgan fingerprint density at radius 3 is 2.27 bits per heavy atom. The van der Waals surface area contributed by atoms with Crippen LogP contribution >= 0.6 is 11.3 Å². The third-order valence-electron chi connectivity index (χ3n) is 7.04. The quantitative estimate of drug-likeness (QED) is 0.222. The second-order valence-corrected chi connectivity index (χ2v) is 15.1. The number of anilines is 1. The first-order valence-corrected chi connectivity index (χ1v) is 17.1. The van der Waals surface area contributed by atoms with E-state index in [0.717, 1.165) is 36.3 Å². The molecule has 1 heterocycles. The molecule has 0 bridgehead atoms. The molecule has 44 heavy (non-hydrogen) atoms. The third-order valence-corrected chi connectivity index (χ3v) is 10.0. The van der Waals surface area contributed by atoms with Crippen LogP contribution in [-0.2, 0) is 19.5 Å². The Morgan fingerprint density at radius 1 is 0.955 bits per heavy atom. The molecule has 1 fully saturated rings. The smallest absolute Gasteiger partial charge is 0.412 e. The maximum Gasteiger partial charge on any atom is 0.412 e. The summed E-state index contributed by atoms with van der Waals surface area (Å²) in [7, 11) is -3.98. The number of alkyl carbamates (subject to hydrolysis) is 1. The van der Waals surface area contributed by atoms with Gasteiger partial charge in [-0.15, -0.1) is 11.3 Å². The number of sulfonamides is 1. The number of carbonyl (C=O) groups is 2. The molecule has 4 rings (SSSR count). The number of hydrogen-bond donors (Lipinski definition) is 3. The van der Waals surface area contributed by atoms with Gasteiger partial charge in [-0.2, -0.15) is 0 Å². The fraction of sp³-hybridized carbons (Fsp3) is 0.469. The molecule has 3 aromatic rings. The number of nitrogens with one attached hydrogen (secondary N) is 3. The molecule has 2 aromatic carbocycles. The van der Waals surface area contributed by atoms with Crippen molar-refractivity contribution in [1.82, 2.24) is 15.0 Å². The summed E-state index contributed by atoms with van der Waals surface area (Å²) in [6.07, 6.45) is 3.27. The summed E-state index contributed by atoms with van der Waals surface area (Å²) in [6, 6.07) is 14.2. The van der Waals surface area contributed by atoms with Crippen molar-refractivity contribution in [1.29, 1.82) is 0 Å². The Bertz CT molecular complexity index is 1540. The highest BCUT2D eigenvalue weighted by atomic mass is 32.2. The average Bonchev–Trinajstić information content (AvgIpc) is 3.42. The van der Waals surface area contributed by atoms with Gasteiger partial charge in [0.1, 0.15) is 6.10 Å². The summed E-state index contributed by atoms with van der Waals surface area (Å²) in [6.45, 7) is 10.7. The molecule has 0 aliphatic heterocycles. The van der Waals surface area contributed by atoms with E-state index in [1.165, 1.54) is 17.4 Å². The van der Waals surface area contributed by atoms with E-state index >= 15 is 0 Å². The van der Waals surface area contributed by atoms with Crippen molar-refractivity contribution in [3.8, 4) is 10.4 Å². The van der Waals surface area contributed by atoms with E-state index in [1.807, 2.05) is 44.2 Å². The zero-order valence-electron chi connectivity index (χ0n) is 26.0. The maximum atomic E-state index is 13.6. The Hall–Kier alpha value is -3.48. The zero-order valence-corrected chi connectivity index (χ0v) is 27.7. The zero-order chi connectivity index (χ0) is 32.1. The number of carbonyl (C=O) groups excluding carboxylic acids is 2. The van der Waals surface area contributed by atoms with Gasteiger partial charge < -0.3 is 14.8 Å². The molecule has 0 saturated heterocycles. The van der Waals surface area contributed by atoms with Crippen LogP contribution in [0.5, 0.6) is 0 Å². The molecule has 1 aliphatic carbocycles. The number of thiazole rings is 1. The molecule has 1 aliphatic rings. The van der Waals surface area contributed by atoms with Crippen molar-refractivity contribution in [3.63, 3.8) is 0 Å². The Balaban J connectivity index is 1.52. The molecule has 0 spiro atoms. The minimum absolute atomic E-state index is 0.0353. The van der Waals surface area contributed by atoms with Gasteiger partial charge in [-0.3, -0.25) is 5.32 Å². The van der Waals surface area contributed by atoms with Crippen molar-refractivity contribution in [2.24, 2.45) is 0 Å². The van der Waals surface area contributed by atoms with Gasteiger partial charge in [0, 0.05) is 34.9 Å². The average molecular weight is 643 g/mol. The number of nitrogens with zero attached hydrogens (tertiary/aromatic N) is 1. The Morgan fingerprint density at radius 2 is 1.64 bits per heavy atom. The van der Waals surface area contributed by atoms with E-state index < -0.39 is 33.9 Å². The van der Waals surface area contributed by atoms with Crippen molar-refractivity contribution in [2.75, 3.05) is 5.32 Å². The van der Waals surface area contributed by atoms with Crippen molar-refractivity contribution < 1.29 is 27.5 Å². The third kappa shape index (κ3) is 9.26. The number of aromatic nitrogens is 1. The van der Waals surface area contributed by atoms with Crippen molar-refractivity contribution in [3.05, 3.63) is 65.3 Å². The Labute approximate surface area is 264 Å². The molecule has 3 N–H and O–H groups in total. The maximum absolute atomic E-state index is 13.6. The van der Waals surface area contributed by atoms with Crippen LogP contribution < -0.4 is 15.4 Å². The van der Waals surface area contributed by atoms with Crippen molar-refractivity contribution in [2.45, 2.75) is 102 Å². The molecule has 0 radical (unpaired) electrons. The minimum atomic E-state index is -3.98. The van der Waals surface area contributed by atoms with Crippen LogP contribution in [0.25, 0.3) is 10.4 Å². The molecule has 1 unspecified atom stereocenters. The first kappa shape index (κ1) is 33.4. The second-order valence-electron chi connectivity index (χ2n) is 12.4. The molecule has 238 valence electrons. The van der Waals surface area contributed by atoms with Crippen LogP contribution in [0.4, 0.5) is 15.3 Å². The number of benzene rings is 2. The van der Waals surface area contributed by atoms with E-state index in [1.54, 1.807) is 46.0 Å². The SMILES string of the molecule is CC(C)OC(=O)N[C@H]1CC[C@H](c2ncc(-c3ccc(NC(=O)OC(C)c4ccccc4)cc3S(=O)(=O)NC(C)(C)C)s2)CC1. The lowest BCUT2D eigenvalue weighted by atomic mass is 9.86. The van der Waals surface area contributed by atoms with Crippen LogP contribution in [0.2, 0.25) is 0 Å². The number of hydrogen-bond acceptors (Lipinski definition) is 8. The molecule has 10 nitrogen and oxygen atoms in total. The molecule has 2 amide bonds. The molecule has 1 atom stereocenters. The summed E-state index contributed by atoms with van der Waals surface area (Å²) < 4.78 is 40.7. The van der Waals surface area contributed by atoms with Crippen LogP contribution in [0.1, 0.15) is 89.8 Å². The first-order chi connectivity index (χ1) is 20.7. The van der Waals surface area contributed by atoms with Crippen molar-refractivity contribution >= 4 is 39.2 Å². The van der Waals surface area contributed by atoms with Gasteiger partial charge in [0.15, 0.2) is 0 Å². The minimum Gasteiger partial charge on any atom is -0.447 e. The topological polar surface area (TPSA) is 136 Å². The molecule has 1 saturated carbocycles. The molecular formula is C32H42N4O6S2. The van der Waals surface area contributed by atoms with Gasteiger partial charge in [0.25, 0.3) is 0 Å². The molecular weight excluding hydrogens is 601 g/mol. The summed E-state index contributed by atoms with van der Waals surface area (Å²) in [5.41, 5.74) is 0.903. The standard InChI is InChI=1S/C32H42N4O6S2/c1-20(2)41-30(37)34-24-14-12-23(13-15-24)29-33-19-27(43-29)26-17-16-25(18-28(26)44(39,40)36-32(4,5)6)35-31(38)42-21(3)22-10-8-7-9-11-22/h7-11,16-21,23-24,36H,12-15H2,1-6H3,(H,34,37)(H,35,38)/t21?,23-,24-. The number of ether oxygens (including phenoxy) is 2. The van der Waals surface area contributed by atoms with Crippen LogP contribution in [0.15, 0.2) is 59.6 Å². The van der Waals surface area contributed by atoms with E-state index in [9.17, 15) is 18.0 Å². The van der Waals surface area contributed by atoms with Gasteiger partial charge >= 0.3 is 12.2 Å². The lowest BCUT2D eigenvalue weighted by Gasteiger charge is -2.28. The van der Waals surface area contributed by atoms with Gasteiger partial charge in [-0.25, -0.2) is 27.7 Å². The summed E-state index contributed by atoms with van der Waals surface area (Å²) in [5, 5.41) is 6.55. The lowest BCUT2D eigenvalue weighted by Crippen LogP contribution is -2.40. The van der Waals surface area contributed by atoms with Gasteiger partial charge in [0.2, 0.25) is 10.0 Å². The van der Waals surface area contributed by atoms with E-state index in [0.29, 0.717) is 16.1 Å². The predicted octanol–water partition coefficient (Wildman–Crippen LogP) is 7.36. The molecule has 1 aromatic heterocycles. The first-order valence-electron chi connectivity index (χ1n) is 14.8. The van der Waals surface area contributed by atoms with Gasteiger partial charge in [-0.1, -0.05) is 36.4 Å². The highest BCUT2D eigenvalue weighted by molar-refractivity contribution is 7.89. The molecule has 12 heteroatoms. The van der Waals surface area contributed by atoms with E-state index in [2.05, 4.69) is 20.3 Å². The van der Waals surface area contributed by atoms with Crippen LogP contribution in [0.3, 0.4) is 0 Å². The largest absolute Gasteiger partial charge is 0.447 e. The summed E-state index contributed by atoms with van der Waals surface area (Å²) in [5.74, 6) is 0.211. The predicted molar refractivity (Wildman–Crippen MR) is 172 cm³/mol. The van der Waals surface area contributed by atoms with Gasteiger partial charge in [0.05, 0.1) is 20.9 Å². The Kier molecular flexibility index (Phi) is 10.7. The summed E-state index contributed by atoms with van der Waals surface area (Å²) in [4.78, 5) is 30.1. The number of amides is 2. The van der Waals surface area contributed by atoms with E-state index in [-0.39, 0.29) is 23.0 Å². The van der Waals surface area contributed by atoms with E-state index in [4.69, 9.17) is 9.47 Å². The monoisotopic (exact) mass is 642 g/mol. The van der Waals surface area contributed by atoms with Crippen LogP contribution in [0, 0.1) is 0 Å². The van der Waals surface area contributed by atoms with Gasteiger partial charge in [-0.05, 0) is 84.9 Å².